The van der Waals surface area contributed by atoms with Crippen LogP contribution in [0.5, 0.6) is 5.75 Å². The molecule has 0 saturated carbocycles. The number of hydrogen-bond donors (Lipinski definition) is 1. The van der Waals surface area contributed by atoms with Crippen molar-refractivity contribution in [1.82, 2.24) is 4.90 Å². The van der Waals surface area contributed by atoms with E-state index in [0.717, 1.165) is 30.7 Å². The van der Waals surface area contributed by atoms with E-state index >= 15 is 0 Å². The highest BCUT2D eigenvalue weighted by molar-refractivity contribution is 5.78. The van der Waals surface area contributed by atoms with E-state index in [4.69, 9.17) is 4.74 Å². The number of methoxy groups -OCH3 is 1. The van der Waals surface area contributed by atoms with Gasteiger partial charge in [0.05, 0.1) is 19.8 Å². The zero-order valence-corrected chi connectivity index (χ0v) is 12.2. The maximum Gasteiger partial charge on any atom is 0.223 e. The number of hydrogen-bond acceptors (Lipinski definition) is 3. The van der Waals surface area contributed by atoms with E-state index in [9.17, 15) is 9.90 Å². The van der Waals surface area contributed by atoms with Crippen molar-refractivity contribution in [1.29, 1.82) is 0 Å². The lowest BCUT2D eigenvalue weighted by molar-refractivity contribution is -0.129. The number of ether oxygens (including phenoxy) is 1. The molecule has 2 atom stereocenters. The number of β-amino-alcohol motifs (C(OH)–C–C–N with tert-alkyl or cyclic N) is 1. The number of amides is 1. The van der Waals surface area contributed by atoms with Crippen molar-refractivity contribution in [2.24, 2.45) is 5.92 Å². The van der Waals surface area contributed by atoms with Crippen LogP contribution in [0.3, 0.4) is 0 Å². The quantitative estimate of drug-likeness (QED) is 0.868. The Hall–Kier alpha value is -1.55. The van der Waals surface area contributed by atoms with Gasteiger partial charge in [0.1, 0.15) is 5.75 Å². The van der Waals surface area contributed by atoms with Crippen LogP contribution < -0.4 is 4.74 Å². The molecule has 4 nitrogen and oxygen atoms in total. The minimum Gasteiger partial charge on any atom is -0.497 e. The van der Waals surface area contributed by atoms with Gasteiger partial charge in [0.15, 0.2) is 0 Å². The zero-order chi connectivity index (χ0) is 14.5. The van der Waals surface area contributed by atoms with E-state index in [0.29, 0.717) is 18.9 Å². The third-order valence-electron chi connectivity index (χ3n) is 3.89. The van der Waals surface area contributed by atoms with Gasteiger partial charge in [-0.1, -0.05) is 25.5 Å². The topological polar surface area (TPSA) is 49.8 Å². The van der Waals surface area contributed by atoms with Crippen LogP contribution in [0.1, 0.15) is 37.9 Å². The predicted octanol–water partition coefficient (Wildman–Crippen LogP) is 2.38. The lowest BCUT2D eigenvalue weighted by atomic mass is 10.0. The van der Waals surface area contributed by atoms with Crippen LogP contribution in [0.2, 0.25) is 0 Å². The van der Waals surface area contributed by atoms with Gasteiger partial charge in [0, 0.05) is 13.0 Å². The number of benzene rings is 1. The summed E-state index contributed by atoms with van der Waals surface area (Å²) in [6, 6.07) is 7.33. The summed E-state index contributed by atoms with van der Waals surface area (Å²) in [7, 11) is 1.61. The van der Waals surface area contributed by atoms with E-state index in [1.807, 2.05) is 24.3 Å². The monoisotopic (exact) mass is 277 g/mol. The summed E-state index contributed by atoms with van der Waals surface area (Å²) in [5, 5.41) is 10.2. The van der Waals surface area contributed by atoms with E-state index < -0.39 is 6.10 Å². The van der Waals surface area contributed by atoms with Gasteiger partial charge in [-0.2, -0.15) is 0 Å². The summed E-state index contributed by atoms with van der Waals surface area (Å²) >= 11 is 0. The maximum atomic E-state index is 11.9. The first-order valence-corrected chi connectivity index (χ1v) is 7.23. The number of aliphatic hydroxyl groups is 1. The molecule has 0 aliphatic carbocycles. The number of carbonyl (C=O) groups is 1. The summed E-state index contributed by atoms with van der Waals surface area (Å²) in [4.78, 5) is 13.7. The molecule has 1 heterocycles. The highest BCUT2D eigenvalue weighted by Gasteiger charge is 2.30. The zero-order valence-electron chi connectivity index (χ0n) is 12.2. The normalized spacial score (nSPS) is 20.2. The minimum atomic E-state index is -0.634. The Kier molecular flexibility index (Phi) is 5.01. The van der Waals surface area contributed by atoms with Crippen molar-refractivity contribution in [2.45, 2.75) is 32.3 Å². The lowest BCUT2D eigenvalue weighted by Gasteiger charge is -2.21. The highest BCUT2D eigenvalue weighted by Crippen LogP contribution is 2.25. The summed E-state index contributed by atoms with van der Waals surface area (Å²) in [5.41, 5.74) is 0.817. The fraction of sp³-hybridized carbons (Fsp3) is 0.562. The predicted molar refractivity (Wildman–Crippen MR) is 77.5 cm³/mol. The van der Waals surface area contributed by atoms with Crippen molar-refractivity contribution in [3.05, 3.63) is 29.8 Å². The molecule has 2 rings (SSSR count). The van der Waals surface area contributed by atoms with Gasteiger partial charge >= 0.3 is 0 Å². The second-order valence-corrected chi connectivity index (χ2v) is 5.45. The van der Waals surface area contributed by atoms with Gasteiger partial charge in [0.2, 0.25) is 5.91 Å². The smallest absolute Gasteiger partial charge is 0.223 e. The third kappa shape index (κ3) is 3.51. The first-order valence-electron chi connectivity index (χ1n) is 7.23. The molecule has 0 aromatic heterocycles. The van der Waals surface area contributed by atoms with Gasteiger partial charge in [-0.05, 0) is 30.0 Å². The molecule has 110 valence electrons. The molecule has 1 aliphatic heterocycles. The molecular formula is C16H23NO3. The molecule has 1 fully saturated rings. The molecule has 0 bridgehead atoms. The summed E-state index contributed by atoms with van der Waals surface area (Å²) in [6.07, 6.45) is 2.18. The highest BCUT2D eigenvalue weighted by atomic mass is 16.5. The molecule has 0 radical (unpaired) electrons. The summed E-state index contributed by atoms with van der Waals surface area (Å²) in [5.74, 6) is 1.38. The van der Waals surface area contributed by atoms with Crippen molar-refractivity contribution in [3.8, 4) is 5.75 Å². The van der Waals surface area contributed by atoms with E-state index in [1.54, 1.807) is 12.0 Å². The van der Waals surface area contributed by atoms with E-state index in [2.05, 4.69) is 6.92 Å². The molecule has 1 saturated heterocycles. The standard InChI is InChI=1S/C16H23NO3/c1-3-4-12-9-16(19)17(10-12)11-15(18)13-5-7-14(20-2)8-6-13/h5-8,12,15,18H,3-4,9-11H2,1-2H3. The Bertz CT molecular complexity index is 444. The van der Waals surface area contributed by atoms with Gasteiger partial charge in [-0.25, -0.2) is 0 Å². The van der Waals surface area contributed by atoms with Crippen LogP contribution in [-0.4, -0.2) is 36.1 Å². The average Bonchev–Trinajstić information content (AvgIpc) is 2.79. The van der Waals surface area contributed by atoms with Crippen molar-refractivity contribution < 1.29 is 14.6 Å². The molecular weight excluding hydrogens is 254 g/mol. The fourth-order valence-electron chi connectivity index (χ4n) is 2.77. The number of aliphatic hydroxyl groups excluding tert-OH is 1. The molecule has 20 heavy (non-hydrogen) atoms. The van der Waals surface area contributed by atoms with E-state index in [1.165, 1.54) is 0 Å². The van der Waals surface area contributed by atoms with E-state index in [-0.39, 0.29) is 5.91 Å². The molecule has 1 aromatic carbocycles. The second-order valence-electron chi connectivity index (χ2n) is 5.45. The van der Waals surface area contributed by atoms with Crippen LogP contribution in [-0.2, 0) is 4.79 Å². The molecule has 1 N–H and O–H groups in total. The Morgan fingerprint density at radius 3 is 2.70 bits per heavy atom. The summed E-state index contributed by atoms with van der Waals surface area (Å²) in [6.45, 7) is 3.30. The van der Waals surface area contributed by atoms with Crippen LogP contribution in [0, 0.1) is 5.92 Å². The number of rotatable bonds is 6. The Morgan fingerprint density at radius 2 is 2.10 bits per heavy atom. The Labute approximate surface area is 120 Å². The number of nitrogens with zero attached hydrogens (tertiary/aromatic N) is 1. The summed E-state index contributed by atoms with van der Waals surface area (Å²) < 4.78 is 5.09. The van der Waals surface area contributed by atoms with Gasteiger partial charge in [-0.15, -0.1) is 0 Å². The third-order valence-corrected chi connectivity index (χ3v) is 3.89. The largest absolute Gasteiger partial charge is 0.497 e. The van der Waals surface area contributed by atoms with Crippen LogP contribution >= 0.6 is 0 Å². The van der Waals surface area contributed by atoms with Crippen molar-refractivity contribution >= 4 is 5.91 Å². The number of likely N-dealkylation sites (tertiary alicyclic amines) is 1. The molecule has 1 amide bonds. The van der Waals surface area contributed by atoms with Crippen LogP contribution in [0.4, 0.5) is 0 Å². The fourth-order valence-corrected chi connectivity index (χ4v) is 2.77. The van der Waals surface area contributed by atoms with Gasteiger partial charge in [0.25, 0.3) is 0 Å². The molecule has 1 aliphatic rings. The Balaban J connectivity index is 1.93. The lowest BCUT2D eigenvalue weighted by Crippen LogP contribution is -2.30. The second kappa shape index (κ2) is 6.75. The molecule has 0 spiro atoms. The van der Waals surface area contributed by atoms with Crippen molar-refractivity contribution in [2.75, 3.05) is 20.2 Å². The SMILES string of the molecule is CCCC1CC(=O)N(CC(O)c2ccc(OC)cc2)C1. The average molecular weight is 277 g/mol. The first kappa shape index (κ1) is 14.9. The van der Waals surface area contributed by atoms with Gasteiger partial charge in [-0.3, -0.25) is 4.79 Å². The number of carbonyl (C=O) groups excluding carboxylic acids is 1. The van der Waals surface area contributed by atoms with Gasteiger partial charge < -0.3 is 14.7 Å². The Morgan fingerprint density at radius 1 is 1.40 bits per heavy atom. The molecule has 4 heteroatoms. The first-order chi connectivity index (χ1) is 9.63. The van der Waals surface area contributed by atoms with Crippen LogP contribution in [0.15, 0.2) is 24.3 Å². The molecule has 1 aromatic rings. The van der Waals surface area contributed by atoms with Crippen LogP contribution in [0.25, 0.3) is 0 Å². The molecule has 2 unspecified atom stereocenters. The maximum absolute atomic E-state index is 11.9. The minimum absolute atomic E-state index is 0.163. The van der Waals surface area contributed by atoms with Crippen molar-refractivity contribution in [3.63, 3.8) is 0 Å².